The zero-order valence-corrected chi connectivity index (χ0v) is 12.6. The smallest absolute Gasteiger partial charge is 0.228 e. The van der Waals surface area contributed by atoms with Gasteiger partial charge in [0.2, 0.25) is 5.91 Å². The standard InChI is InChI=1S/C16H23FN2O2/c1-11(10-18-2)16(20)19-12-7-8-15(14(17)9-12)21-13-5-3-4-6-13/h7-9,11,13,18H,3-6,10H2,1-2H3,(H,19,20). The maximum atomic E-state index is 14.0. The first-order valence-electron chi connectivity index (χ1n) is 7.52. The van der Waals surface area contributed by atoms with Gasteiger partial charge in [-0.15, -0.1) is 0 Å². The van der Waals surface area contributed by atoms with E-state index < -0.39 is 5.82 Å². The Morgan fingerprint density at radius 1 is 1.43 bits per heavy atom. The molecule has 2 N–H and O–H groups in total. The highest BCUT2D eigenvalue weighted by Gasteiger charge is 2.19. The number of ether oxygens (including phenoxy) is 1. The van der Waals surface area contributed by atoms with Gasteiger partial charge in [0.1, 0.15) is 0 Å². The lowest BCUT2D eigenvalue weighted by Gasteiger charge is -2.15. The van der Waals surface area contributed by atoms with Crippen LogP contribution in [0.2, 0.25) is 0 Å². The van der Waals surface area contributed by atoms with Gasteiger partial charge in [-0.25, -0.2) is 4.39 Å². The van der Waals surface area contributed by atoms with Gasteiger partial charge in [0.25, 0.3) is 0 Å². The van der Waals surface area contributed by atoms with Crippen LogP contribution in [-0.4, -0.2) is 25.6 Å². The van der Waals surface area contributed by atoms with Crippen LogP contribution in [-0.2, 0) is 4.79 Å². The number of hydrogen-bond acceptors (Lipinski definition) is 3. The van der Waals surface area contributed by atoms with E-state index >= 15 is 0 Å². The minimum atomic E-state index is -0.430. The molecule has 0 radical (unpaired) electrons. The number of benzene rings is 1. The number of hydrogen-bond donors (Lipinski definition) is 2. The first-order valence-corrected chi connectivity index (χ1v) is 7.52. The van der Waals surface area contributed by atoms with Crippen molar-refractivity contribution in [2.24, 2.45) is 5.92 Å². The molecule has 1 aromatic carbocycles. The van der Waals surface area contributed by atoms with Gasteiger partial charge < -0.3 is 15.4 Å². The summed E-state index contributed by atoms with van der Waals surface area (Å²) in [6, 6.07) is 4.58. The van der Waals surface area contributed by atoms with Crippen molar-refractivity contribution < 1.29 is 13.9 Å². The third-order valence-electron chi connectivity index (χ3n) is 3.75. The lowest BCUT2D eigenvalue weighted by atomic mass is 10.1. The fraction of sp³-hybridized carbons (Fsp3) is 0.562. The highest BCUT2D eigenvalue weighted by molar-refractivity contribution is 5.92. The van der Waals surface area contributed by atoms with Crippen molar-refractivity contribution in [1.29, 1.82) is 0 Å². The molecule has 0 spiro atoms. The Labute approximate surface area is 125 Å². The third-order valence-corrected chi connectivity index (χ3v) is 3.75. The fourth-order valence-corrected chi connectivity index (χ4v) is 2.52. The van der Waals surface area contributed by atoms with E-state index in [2.05, 4.69) is 10.6 Å². The summed E-state index contributed by atoms with van der Waals surface area (Å²) in [5.41, 5.74) is 0.458. The molecule has 1 unspecified atom stereocenters. The second kappa shape index (κ2) is 7.41. The van der Waals surface area contributed by atoms with E-state index in [1.165, 1.54) is 6.07 Å². The maximum absolute atomic E-state index is 14.0. The molecule has 2 rings (SSSR count). The Morgan fingerprint density at radius 3 is 2.76 bits per heavy atom. The zero-order valence-electron chi connectivity index (χ0n) is 12.6. The van der Waals surface area contributed by atoms with Crippen LogP contribution in [0.5, 0.6) is 5.75 Å². The second-order valence-corrected chi connectivity index (χ2v) is 5.62. The van der Waals surface area contributed by atoms with E-state index in [-0.39, 0.29) is 23.7 Å². The van der Waals surface area contributed by atoms with Gasteiger partial charge in [-0.1, -0.05) is 6.92 Å². The Hall–Kier alpha value is -1.62. The summed E-state index contributed by atoms with van der Waals surface area (Å²) < 4.78 is 19.7. The van der Waals surface area contributed by atoms with E-state index in [1.807, 2.05) is 6.92 Å². The van der Waals surface area contributed by atoms with Crippen molar-refractivity contribution in [3.05, 3.63) is 24.0 Å². The van der Waals surface area contributed by atoms with E-state index in [9.17, 15) is 9.18 Å². The summed E-state index contributed by atoms with van der Waals surface area (Å²) in [5, 5.41) is 5.65. The van der Waals surface area contributed by atoms with Gasteiger partial charge in [0.15, 0.2) is 11.6 Å². The molecule has 1 amide bonds. The monoisotopic (exact) mass is 294 g/mol. The van der Waals surface area contributed by atoms with Gasteiger partial charge in [0.05, 0.1) is 6.10 Å². The fourth-order valence-electron chi connectivity index (χ4n) is 2.52. The SMILES string of the molecule is CNCC(C)C(=O)Nc1ccc(OC2CCCC2)c(F)c1. The number of anilines is 1. The molecule has 0 saturated heterocycles. The summed E-state index contributed by atoms with van der Waals surface area (Å²) in [7, 11) is 1.79. The van der Waals surface area contributed by atoms with Crippen molar-refractivity contribution in [3.8, 4) is 5.75 Å². The molecule has 0 aliphatic heterocycles. The van der Waals surface area contributed by atoms with Crippen LogP contribution in [0.15, 0.2) is 18.2 Å². The molecule has 1 fully saturated rings. The van der Waals surface area contributed by atoms with Crippen molar-refractivity contribution in [2.75, 3.05) is 18.9 Å². The van der Waals surface area contributed by atoms with Gasteiger partial charge >= 0.3 is 0 Å². The van der Waals surface area contributed by atoms with Crippen LogP contribution in [0, 0.1) is 11.7 Å². The minimum absolute atomic E-state index is 0.121. The summed E-state index contributed by atoms with van der Waals surface area (Å²) >= 11 is 0. The molecule has 21 heavy (non-hydrogen) atoms. The molecule has 116 valence electrons. The summed E-state index contributed by atoms with van der Waals surface area (Å²) in [6.07, 6.45) is 4.38. The van der Waals surface area contributed by atoms with Crippen molar-refractivity contribution in [3.63, 3.8) is 0 Å². The molecule has 5 heteroatoms. The molecular formula is C16H23FN2O2. The number of halogens is 1. The van der Waals surface area contributed by atoms with Gasteiger partial charge in [-0.3, -0.25) is 4.79 Å². The highest BCUT2D eigenvalue weighted by Crippen LogP contribution is 2.27. The molecule has 4 nitrogen and oxygen atoms in total. The van der Waals surface area contributed by atoms with Crippen LogP contribution in [0.1, 0.15) is 32.6 Å². The molecule has 1 saturated carbocycles. The normalized spacial score (nSPS) is 16.7. The predicted molar refractivity (Wildman–Crippen MR) is 81.0 cm³/mol. The first kappa shape index (κ1) is 15.8. The zero-order chi connectivity index (χ0) is 15.2. The molecule has 0 heterocycles. The molecule has 1 atom stereocenters. The van der Waals surface area contributed by atoms with Crippen molar-refractivity contribution >= 4 is 11.6 Å². The number of rotatable bonds is 6. The molecule has 1 aliphatic rings. The third kappa shape index (κ3) is 4.43. The minimum Gasteiger partial charge on any atom is -0.487 e. The molecular weight excluding hydrogens is 271 g/mol. The molecule has 0 bridgehead atoms. The Balaban J connectivity index is 1.96. The quantitative estimate of drug-likeness (QED) is 0.848. The van der Waals surface area contributed by atoms with Gasteiger partial charge in [0, 0.05) is 24.2 Å². The highest BCUT2D eigenvalue weighted by atomic mass is 19.1. The Bertz CT molecular complexity index is 487. The lowest BCUT2D eigenvalue weighted by Crippen LogP contribution is -2.28. The number of amides is 1. The summed E-state index contributed by atoms with van der Waals surface area (Å²) in [6.45, 7) is 2.40. The van der Waals surface area contributed by atoms with Crippen molar-refractivity contribution in [2.45, 2.75) is 38.7 Å². The topological polar surface area (TPSA) is 50.4 Å². The second-order valence-electron chi connectivity index (χ2n) is 5.62. The average molecular weight is 294 g/mol. The largest absolute Gasteiger partial charge is 0.487 e. The van der Waals surface area contributed by atoms with Crippen LogP contribution in [0.3, 0.4) is 0 Å². The van der Waals surface area contributed by atoms with Crippen LogP contribution >= 0.6 is 0 Å². The van der Waals surface area contributed by atoms with E-state index in [0.717, 1.165) is 25.7 Å². The molecule has 1 aromatic rings. The molecule has 0 aromatic heterocycles. The summed E-state index contributed by atoms with van der Waals surface area (Å²) in [4.78, 5) is 11.9. The van der Waals surface area contributed by atoms with Crippen LogP contribution < -0.4 is 15.4 Å². The molecule has 1 aliphatic carbocycles. The van der Waals surface area contributed by atoms with Crippen LogP contribution in [0.25, 0.3) is 0 Å². The maximum Gasteiger partial charge on any atom is 0.228 e. The van der Waals surface area contributed by atoms with Crippen LogP contribution in [0.4, 0.5) is 10.1 Å². The number of nitrogens with one attached hydrogen (secondary N) is 2. The van der Waals surface area contributed by atoms with Gasteiger partial charge in [-0.2, -0.15) is 0 Å². The average Bonchev–Trinajstić information content (AvgIpc) is 2.95. The predicted octanol–water partition coefficient (Wildman–Crippen LogP) is 2.94. The Morgan fingerprint density at radius 2 is 2.14 bits per heavy atom. The lowest BCUT2D eigenvalue weighted by molar-refractivity contribution is -0.119. The van der Waals surface area contributed by atoms with Crippen molar-refractivity contribution in [1.82, 2.24) is 5.32 Å². The first-order chi connectivity index (χ1) is 10.1. The summed E-state index contributed by atoms with van der Waals surface area (Å²) in [5.74, 6) is -0.468. The Kier molecular flexibility index (Phi) is 5.56. The number of carbonyl (C=O) groups excluding carboxylic acids is 1. The van der Waals surface area contributed by atoms with E-state index in [1.54, 1.807) is 19.2 Å². The number of carbonyl (C=O) groups is 1. The van der Waals surface area contributed by atoms with Gasteiger partial charge in [-0.05, 0) is 44.9 Å². The van der Waals surface area contributed by atoms with E-state index in [4.69, 9.17) is 4.74 Å². The van der Waals surface area contributed by atoms with E-state index in [0.29, 0.717) is 12.2 Å².